The quantitative estimate of drug-likeness (QED) is 0.904. The van der Waals surface area contributed by atoms with Crippen molar-refractivity contribution in [2.45, 2.75) is 44.9 Å². The van der Waals surface area contributed by atoms with Crippen LogP contribution in [0.4, 0.5) is 0 Å². The molecule has 0 aromatic heterocycles. The molecule has 1 aromatic rings. The van der Waals surface area contributed by atoms with Gasteiger partial charge in [0, 0.05) is 31.5 Å². The van der Waals surface area contributed by atoms with Crippen molar-refractivity contribution in [1.29, 1.82) is 0 Å². The van der Waals surface area contributed by atoms with E-state index in [0.29, 0.717) is 18.4 Å². The molecular formula is C19H26N2O4. The highest BCUT2D eigenvalue weighted by Crippen LogP contribution is 2.38. The molecule has 2 saturated heterocycles. The zero-order valence-electron chi connectivity index (χ0n) is 14.9. The standard InChI is InChI=1S/C19H26N2O4/c1-3-10-20-11-8-19(9-12-20)21(16(13-25-19)18(23)24)17(22)15-6-4-14(2)5-7-15/h4-7,16H,3,8-13H2,1-2H3,(H,23,24)/t16-/m0/s1. The molecule has 1 spiro atoms. The minimum Gasteiger partial charge on any atom is -0.480 e. The van der Waals surface area contributed by atoms with Crippen LogP contribution < -0.4 is 0 Å². The van der Waals surface area contributed by atoms with Crippen LogP contribution in [0.3, 0.4) is 0 Å². The average Bonchev–Trinajstić information content (AvgIpc) is 2.96. The van der Waals surface area contributed by atoms with Crippen molar-refractivity contribution < 1.29 is 19.4 Å². The van der Waals surface area contributed by atoms with Gasteiger partial charge in [-0.3, -0.25) is 9.69 Å². The molecule has 6 heteroatoms. The molecule has 2 aliphatic rings. The smallest absolute Gasteiger partial charge is 0.328 e. The van der Waals surface area contributed by atoms with E-state index in [-0.39, 0.29) is 12.5 Å². The fourth-order valence-electron chi connectivity index (χ4n) is 3.83. The van der Waals surface area contributed by atoms with Crippen LogP contribution in [-0.2, 0) is 9.53 Å². The monoisotopic (exact) mass is 346 g/mol. The Bertz CT molecular complexity index is 635. The minimum absolute atomic E-state index is 0.0563. The number of nitrogens with zero attached hydrogens (tertiary/aromatic N) is 2. The summed E-state index contributed by atoms with van der Waals surface area (Å²) in [6.45, 7) is 6.81. The first-order valence-corrected chi connectivity index (χ1v) is 8.96. The summed E-state index contributed by atoms with van der Waals surface area (Å²) in [5.41, 5.74) is 0.777. The van der Waals surface area contributed by atoms with E-state index < -0.39 is 17.7 Å². The van der Waals surface area contributed by atoms with E-state index in [2.05, 4.69) is 11.8 Å². The van der Waals surface area contributed by atoms with E-state index in [4.69, 9.17) is 4.74 Å². The zero-order chi connectivity index (χ0) is 18.0. The number of benzene rings is 1. The first kappa shape index (κ1) is 17.9. The van der Waals surface area contributed by atoms with Gasteiger partial charge in [0.25, 0.3) is 5.91 Å². The Morgan fingerprint density at radius 2 is 1.88 bits per heavy atom. The molecular weight excluding hydrogens is 320 g/mol. The van der Waals surface area contributed by atoms with Crippen LogP contribution in [0.15, 0.2) is 24.3 Å². The van der Waals surface area contributed by atoms with E-state index in [1.54, 1.807) is 12.1 Å². The summed E-state index contributed by atoms with van der Waals surface area (Å²) in [6, 6.07) is 6.34. The summed E-state index contributed by atoms with van der Waals surface area (Å²) in [4.78, 5) is 28.7. The third-order valence-corrected chi connectivity index (χ3v) is 5.24. The molecule has 136 valence electrons. The van der Waals surface area contributed by atoms with Crippen molar-refractivity contribution in [1.82, 2.24) is 9.80 Å². The number of aliphatic carboxylic acids is 1. The Hall–Kier alpha value is -1.92. The van der Waals surface area contributed by atoms with Crippen LogP contribution in [0.25, 0.3) is 0 Å². The van der Waals surface area contributed by atoms with Crippen molar-refractivity contribution in [3.8, 4) is 0 Å². The second-order valence-corrected chi connectivity index (χ2v) is 6.99. The second kappa shape index (κ2) is 7.14. The zero-order valence-corrected chi connectivity index (χ0v) is 14.9. The molecule has 1 amide bonds. The topological polar surface area (TPSA) is 70.1 Å². The van der Waals surface area contributed by atoms with Gasteiger partial charge in [-0.1, -0.05) is 24.6 Å². The van der Waals surface area contributed by atoms with Gasteiger partial charge in [0.15, 0.2) is 6.04 Å². The molecule has 0 bridgehead atoms. The highest BCUT2D eigenvalue weighted by molar-refractivity contribution is 5.97. The molecule has 3 rings (SSSR count). The number of ether oxygens (including phenoxy) is 1. The van der Waals surface area contributed by atoms with E-state index in [1.165, 1.54) is 4.90 Å². The maximum absolute atomic E-state index is 13.1. The SMILES string of the molecule is CCCN1CCC2(CC1)OC[C@@H](C(=O)O)N2C(=O)c1ccc(C)cc1. The number of carboxylic acids is 1. The Morgan fingerprint density at radius 3 is 2.44 bits per heavy atom. The van der Waals surface area contributed by atoms with Gasteiger partial charge in [-0.2, -0.15) is 0 Å². The van der Waals surface area contributed by atoms with Gasteiger partial charge in [-0.25, -0.2) is 4.79 Å². The van der Waals surface area contributed by atoms with Gasteiger partial charge < -0.3 is 14.7 Å². The first-order valence-electron chi connectivity index (χ1n) is 8.96. The minimum atomic E-state index is -1.01. The van der Waals surface area contributed by atoms with Crippen molar-refractivity contribution in [3.63, 3.8) is 0 Å². The van der Waals surface area contributed by atoms with E-state index >= 15 is 0 Å². The third kappa shape index (κ3) is 3.41. The highest BCUT2D eigenvalue weighted by atomic mass is 16.5. The summed E-state index contributed by atoms with van der Waals surface area (Å²) >= 11 is 0. The van der Waals surface area contributed by atoms with Gasteiger partial charge in [-0.15, -0.1) is 0 Å². The highest BCUT2D eigenvalue weighted by Gasteiger charge is 2.53. The molecule has 0 unspecified atom stereocenters. The number of aryl methyl sites for hydroxylation is 1. The molecule has 1 N–H and O–H groups in total. The maximum atomic E-state index is 13.1. The number of hydrogen-bond acceptors (Lipinski definition) is 4. The van der Waals surface area contributed by atoms with Crippen LogP contribution in [0, 0.1) is 6.92 Å². The lowest BCUT2D eigenvalue weighted by Gasteiger charge is -2.44. The fourth-order valence-corrected chi connectivity index (χ4v) is 3.83. The normalized spacial score (nSPS) is 23.1. The first-order chi connectivity index (χ1) is 12.0. The predicted octanol–water partition coefficient (Wildman–Crippen LogP) is 2.12. The van der Waals surface area contributed by atoms with Crippen molar-refractivity contribution in [2.75, 3.05) is 26.2 Å². The van der Waals surface area contributed by atoms with Gasteiger partial charge in [0.1, 0.15) is 5.72 Å². The molecule has 0 saturated carbocycles. The Kier molecular flexibility index (Phi) is 5.11. The van der Waals surface area contributed by atoms with Crippen LogP contribution in [0.1, 0.15) is 42.1 Å². The third-order valence-electron chi connectivity index (χ3n) is 5.24. The number of rotatable bonds is 4. The lowest BCUT2D eigenvalue weighted by Crippen LogP contribution is -2.58. The molecule has 0 radical (unpaired) electrons. The molecule has 2 aliphatic heterocycles. The van der Waals surface area contributed by atoms with E-state index in [1.807, 2.05) is 19.1 Å². The van der Waals surface area contributed by atoms with Gasteiger partial charge in [0.05, 0.1) is 6.61 Å². The Labute approximate surface area is 148 Å². The molecule has 1 atom stereocenters. The summed E-state index contributed by atoms with van der Waals surface area (Å²) in [5, 5.41) is 9.59. The molecule has 2 heterocycles. The van der Waals surface area contributed by atoms with Gasteiger partial charge in [-0.05, 0) is 32.0 Å². The number of carboxylic acid groups (broad SMARTS) is 1. The fraction of sp³-hybridized carbons (Fsp3) is 0.579. The number of likely N-dealkylation sites (tertiary alicyclic amines) is 1. The summed E-state index contributed by atoms with van der Waals surface area (Å²) in [6.07, 6.45) is 2.38. The van der Waals surface area contributed by atoms with Crippen molar-refractivity contribution >= 4 is 11.9 Å². The number of hydrogen-bond donors (Lipinski definition) is 1. The maximum Gasteiger partial charge on any atom is 0.328 e. The van der Waals surface area contributed by atoms with Gasteiger partial charge in [0.2, 0.25) is 0 Å². The average molecular weight is 346 g/mol. The molecule has 2 fully saturated rings. The summed E-state index contributed by atoms with van der Waals surface area (Å²) < 4.78 is 5.96. The molecule has 1 aromatic carbocycles. The Morgan fingerprint density at radius 1 is 1.24 bits per heavy atom. The lowest BCUT2D eigenvalue weighted by molar-refractivity contribution is -0.143. The number of amides is 1. The van der Waals surface area contributed by atoms with Gasteiger partial charge >= 0.3 is 5.97 Å². The predicted molar refractivity (Wildman–Crippen MR) is 93.4 cm³/mol. The van der Waals surface area contributed by atoms with Crippen LogP contribution in [0.2, 0.25) is 0 Å². The van der Waals surface area contributed by atoms with Crippen molar-refractivity contribution in [2.24, 2.45) is 0 Å². The lowest BCUT2D eigenvalue weighted by atomic mass is 9.96. The number of piperidine rings is 1. The second-order valence-electron chi connectivity index (χ2n) is 6.99. The van der Waals surface area contributed by atoms with Crippen LogP contribution in [0.5, 0.6) is 0 Å². The van der Waals surface area contributed by atoms with E-state index in [0.717, 1.165) is 31.6 Å². The van der Waals surface area contributed by atoms with E-state index in [9.17, 15) is 14.7 Å². The van der Waals surface area contributed by atoms with Crippen LogP contribution in [-0.4, -0.2) is 64.8 Å². The number of carbonyl (C=O) groups is 2. The summed E-state index contributed by atoms with van der Waals surface area (Å²) in [7, 11) is 0. The summed E-state index contributed by atoms with van der Waals surface area (Å²) in [5.74, 6) is -1.26. The Balaban J connectivity index is 1.87. The molecule has 25 heavy (non-hydrogen) atoms. The largest absolute Gasteiger partial charge is 0.480 e. The number of carbonyl (C=O) groups excluding carboxylic acids is 1. The molecule has 0 aliphatic carbocycles. The van der Waals surface area contributed by atoms with Crippen LogP contribution >= 0.6 is 0 Å². The molecule has 6 nitrogen and oxygen atoms in total. The van der Waals surface area contributed by atoms with Crippen molar-refractivity contribution in [3.05, 3.63) is 35.4 Å².